The van der Waals surface area contributed by atoms with Crippen molar-refractivity contribution in [2.75, 3.05) is 0 Å². The third-order valence-electron chi connectivity index (χ3n) is 3.57. The van der Waals surface area contributed by atoms with Crippen LogP contribution in [0.25, 0.3) is 0 Å². The zero-order valence-electron chi connectivity index (χ0n) is 9.64. The second-order valence-electron chi connectivity index (χ2n) is 4.64. The molecule has 1 aliphatic rings. The number of hydrogen-bond acceptors (Lipinski definition) is 3. The van der Waals surface area contributed by atoms with Crippen molar-refractivity contribution in [1.82, 2.24) is 0 Å². The lowest BCUT2D eigenvalue weighted by atomic mass is 10.1. The fraction of sp³-hybridized carbons (Fsp3) is 0.500. The predicted molar refractivity (Wildman–Crippen MR) is 63.7 cm³/mol. The summed E-state index contributed by atoms with van der Waals surface area (Å²) in [7, 11) is -3.46. The molecule has 0 amide bonds. The number of rotatable bonds is 2. The summed E-state index contributed by atoms with van der Waals surface area (Å²) in [5, 5.41) is -0.487. The topological polar surface area (TPSA) is 60.2 Å². The van der Waals surface area contributed by atoms with Gasteiger partial charge < -0.3 is 5.73 Å². The Morgan fingerprint density at radius 2 is 2.06 bits per heavy atom. The molecule has 94 valence electrons. The van der Waals surface area contributed by atoms with Crippen molar-refractivity contribution in [1.29, 1.82) is 0 Å². The van der Waals surface area contributed by atoms with E-state index < -0.39 is 20.9 Å². The quantitative estimate of drug-likeness (QED) is 0.877. The summed E-state index contributed by atoms with van der Waals surface area (Å²) in [4.78, 5) is 0.0588. The molecule has 3 atom stereocenters. The third-order valence-corrected chi connectivity index (χ3v) is 5.94. The minimum Gasteiger partial charge on any atom is -0.327 e. The second-order valence-corrected chi connectivity index (χ2v) is 6.81. The van der Waals surface area contributed by atoms with Crippen LogP contribution < -0.4 is 5.73 Å². The van der Waals surface area contributed by atoms with Crippen LogP contribution in [0, 0.1) is 11.7 Å². The van der Waals surface area contributed by atoms with Crippen molar-refractivity contribution < 1.29 is 12.8 Å². The van der Waals surface area contributed by atoms with E-state index in [0.29, 0.717) is 12.8 Å². The highest BCUT2D eigenvalue weighted by atomic mass is 32.2. The third kappa shape index (κ3) is 2.21. The first kappa shape index (κ1) is 12.5. The molecular formula is C12H16FNO2S. The highest BCUT2D eigenvalue weighted by molar-refractivity contribution is 7.92. The van der Waals surface area contributed by atoms with Crippen LogP contribution in [0.4, 0.5) is 4.39 Å². The van der Waals surface area contributed by atoms with Gasteiger partial charge in [0.25, 0.3) is 0 Å². The van der Waals surface area contributed by atoms with E-state index in [2.05, 4.69) is 0 Å². The van der Waals surface area contributed by atoms with Gasteiger partial charge in [-0.15, -0.1) is 0 Å². The van der Waals surface area contributed by atoms with E-state index in [-0.39, 0.29) is 16.9 Å². The van der Waals surface area contributed by atoms with Gasteiger partial charge in [0.05, 0.1) is 10.1 Å². The second kappa shape index (κ2) is 4.38. The van der Waals surface area contributed by atoms with Gasteiger partial charge in [-0.3, -0.25) is 0 Å². The highest BCUT2D eigenvalue weighted by Gasteiger charge is 2.40. The van der Waals surface area contributed by atoms with E-state index in [1.807, 2.05) is 6.92 Å². The van der Waals surface area contributed by atoms with Crippen LogP contribution in [-0.2, 0) is 9.84 Å². The molecule has 1 saturated carbocycles. The van der Waals surface area contributed by atoms with Crippen molar-refractivity contribution in [2.45, 2.75) is 36.0 Å². The first-order valence-corrected chi connectivity index (χ1v) is 7.22. The average Bonchev–Trinajstić information content (AvgIpc) is 2.60. The van der Waals surface area contributed by atoms with Gasteiger partial charge in [0.2, 0.25) is 0 Å². The van der Waals surface area contributed by atoms with E-state index in [1.165, 1.54) is 18.2 Å². The molecule has 1 aromatic rings. The summed E-state index contributed by atoms with van der Waals surface area (Å²) < 4.78 is 37.7. The van der Waals surface area contributed by atoms with Gasteiger partial charge in [-0.2, -0.15) is 0 Å². The van der Waals surface area contributed by atoms with Crippen LogP contribution in [0.1, 0.15) is 19.8 Å². The van der Waals surface area contributed by atoms with Crippen LogP contribution in [-0.4, -0.2) is 19.7 Å². The zero-order chi connectivity index (χ0) is 12.6. The molecule has 1 fully saturated rings. The first-order chi connectivity index (χ1) is 7.93. The van der Waals surface area contributed by atoms with E-state index in [0.717, 1.165) is 6.07 Å². The number of sulfone groups is 1. The summed E-state index contributed by atoms with van der Waals surface area (Å²) in [6.45, 7) is 1.85. The molecule has 0 saturated heterocycles. The van der Waals surface area contributed by atoms with Gasteiger partial charge in [0.1, 0.15) is 5.82 Å². The van der Waals surface area contributed by atoms with E-state index in [1.54, 1.807) is 0 Å². The Morgan fingerprint density at radius 1 is 1.35 bits per heavy atom. The van der Waals surface area contributed by atoms with E-state index in [9.17, 15) is 12.8 Å². The smallest absolute Gasteiger partial charge is 0.181 e. The standard InChI is InChI=1S/C12H16FNO2S/c1-8-11(14)5-6-12(8)17(15,16)10-4-2-3-9(13)7-10/h2-4,7-8,11-12H,5-6,14H2,1H3. The normalized spacial score (nSPS) is 29.5. The number of halogens is 1. The molecule has 2 rings (SSSR count). The molecule has 0 bridgehead atoms. The van der Waals surface area contributed by atoms with Gasteiger partial charge in [-0.1, -0.05) is 13.0 Å². The maximum atomic E-state index is 13.1. The Bertz CT molecular complexity index is 515. The maximum absolute atomic E-state index is 13.1. The molecular weight excluding hydrogens is 241 g/mol. The van der Waals surface area contributed by atoms with Crippen LogP contribution in [0.5, 0.6) is 0 Å². The van der Waals surface area contributed by atoms with Crippen molar-refractivity contribution in [3.63, 3.8) is 0 Å². The van der Waals surface area contributed by atoms with Crippen molar-refractivity contribution in [3.05, 3.63) is 30.1 Å². The maximum Gasteiger partial charge on any atom is 0.181 e. The number of nitrogens with two attached hydrogens (primary N) is 1. The summed E-state index contributed by atoms with van der Waals surface area (Å²) >= 11 is 0. The monoisotopic (exact) mass is 257 g/mol. The van der Waals surface area contributed by atoms with Crippen molar-refractivity contribution in [3.8, 4) is 0 Å². The molecule has 1 aliphatic carbocycles. The molecule has 0 aromatic heterocycles. The van der Waals surface area contributed by atoms with E-state index >= 15 is 0 Å². The van der Waals surface area contributed by atoms with Crippen molar-refractivity contribution >= 4 is 9.84 Å². The summed E-state index contributed by atoms with van der Waals surface area (Å²) in [5.41, 5.74) is 5.83. The Hall–Kier alpha value is -0.940. The molecule has 0 radical (unpaired) electrons. The van der Waals surface area contributed by atoms with Gasteiger partial charge in [-0.25, -0.2) is 12.8 Å². The summed E-state index contributed by atoms with van der Waals surface area (Å²) in [6, 6.07) is 5.09. The fourth-order valence-electron chi connectivity index (χ4n) is 2.41. The largest absolute Gasteiger partial charge is 0.327 e. The lowest BCUT2D eigenvalue weighted by molar-refractivity contribution is 0.506. The van der Waals surface area contributed by atoms with Crippen molar-refractivity contribution in [2.24, 2.45) is 11.7 Å². The molecule has 0 spiro atoms. The predicted octanol–water partition coefficient (Wildman–Crippen LogP) is 1.73. The molecule has 17 heavy (non-hydrogen) atoms. The SMILES string of the molecule is CC1C(N)CCC1S(=O)(=O)c1cccc(F)c1. The minimum absolute atomic E-state index is 0.0588. The average molecular weight is 257 g/mol. The lowest BCUT2D eigenvalue weighted by Crippen LogP contribution is -2.32. The van der Waals surface area contributed by atoms with Gasteiger partial charge in [0.15, 0.2) is 9.84 Å². The number of benzene rings is 1. The number of hydrogen-bond donors (Lipinski definition) is 1. The molecule has 5 heteroatoms. The Kier molecular flexibility index (Phi) is 3.23. The van der Waals surface area contributed by atoms with Crippen LogP contribution >= 0.6 is 0 Å². The Labute approximate surface area is 101 Å². The molecule has 0 heterocycles. The Morgan fingerprint density at radius 3 is 2.59 bits per heavy atom. The lowest BCUT2D eigenvalue weighted by Gasteiger charge is -2.18. The van der Waals surface area contributed by atoms with Crippen LogP contribution in [0.3, 0.4) is 0 Å². The van der Waals surface area contributed by atoms with E-state index in [4.69, 9.17) is 5.73 Å². The molecule has 1 aromatic carbocycles. The van der Waals surface area contributed by atoms with Gasteiger partial charge in [0, 0.05) is 6.04 Å². The molecule has 3 unspecified atom stereocenters. The van der Waals surface area contributed by atoms with Gasteiger partial charge >= 0.3 is 0 Å². The minimum atomic E-state index is -3.46. The van der Waals surface area contributed by atoms with Gasteiger partial charge in [-0.05, 0) is 37.0 Å². The Balaban J connectivity index is 2.37. The fourth-order valence-corrected chi connectivity index (χ4v) is 4.52. The summed E-state index contributed by atoms with van der Waals surface area (Å²) in [5.74, 6) is -0.607. The zero-order valence-corrected chi connectivity index (χ0v) is 10.5. The first-order valence-electron chi connectivity index (χ1n) is 5.68. The molecule has 2 N–H and O–H groups in total. The van der Waals surface area contributed by atoms with Crippen LogP contribution in [0.2, 0.25) is 0 Å². The molecule has 0 aliphatic heterocycles. The van der Waals surface area contributed by atoms with Crippen LogP contribution in [0.15, 0.2) is 29.2 Å². The highest BCUT2D eigenvalue weighted by Crippen LogP contribution is 2.33. The molecule has 3 nitrogen and oxygen atoms in total. The summed E-state index contributed by atoms with van der Waals surface area (Å²) in [6.07, 6.45) is 1.27.